The molecule has 0 fully saturated rings. The second-order valence-electron chi connectivity index (χ2n) is 8.19. The third-order valence-electron chi connectivity index (χ3n) is 5.79. The molecule has 0 bridgehead atoms. The molecule has 0 saturated heterocycles. The van der Waals surface area contributed by atoms with Crippen molar-refractivity contribution in [3.05, 3.63) is 74.3 Å². The van der Waals surface area contributed by atoms with Crippen LogP contribution in [0.3, 0.4) is 0 Å². The van der Waals surface area contributed by atoms with Gasteiger partial charge in [-0.1, -0.05) is 24.3 Å². The number of carboxylic acids is 1. The third-order valence-corrected chi connectivity index (χ3v) is 7.09. The molecule has 0 aliphatic carbocycles. The lowest BCUT2D eigenvalue weighted by atomic mass is 10.0. The van der Waals surface area contributed by atoms with E-state index in [2.05, 4.69) is 4.98 Å². The van der Waals surface area contributed by atoms with Crippen molar-refractivity contribution in [1.29, 1.82) is 0 Å². The molecule has 0 aliphatic rings. The van der Waals surface area contributed by atoms with Gasteiger partial charge in [0.25, 0.3) is 5.56 Å². The quantitative estimate of drug-likeness (QED) is 0.478. The van der Waals surface area contributed by atoms with E-state index in [0.29, 0.717) is 39.5 Å². The van der Waals surface area contributed by atoms with E-state index < -0.39 is 22.8 Å². The Hall–Kier alpha value is -3.46. The van der Waals surface area contributed by atoms with Crippen molar-refractivity contribution in [2.45, 2.75) is 46.2 Å². The Balaban J connectivity index is 2.01. The maximum Gasteiger partial charge on any atom is 0.333 e. The first-order chi connectivity index (χ1) is 15.1. The lowest BCUT2D eigenvalue weighted by Gasteiger charge is -2.23. The molecule has 0 unspecified atom stereocenters. The van der Waals surface area contributed by atoms with Crippen molar-refractivity contribution in [2.24, 2.45) is 0 Å². The molecule has 32 heavy (non-hydrogen) atoms. The first-order valence-electron chi connectivity index (χ1n) is 10.1. The number of aliphatic carboxylic acids is 1. The van der Waals surface area contributed by atoms with Gasteiger partial charge in [-0.15, -0.1) is 11.3 Å². The van der Waals surface area contributed by atoms with E-state index in [-0.39, 0.29) is 0 Å². The average Bonchev–Trinajstić information content (AvgIpc) is 3.37. The number of aromatic nitrogens is 3. The van der Waals surface area contributed by atoms with Gasteiger partial charge in [-0.2, -0.15) is 0 Å². The van der Waals surface area contributed by atoms with E-state index in [4.69, 9.17) is 4.42 Å². The molecule has 166 valence electrons. The van der Waals surface area contributed by atoms with Gasteiger partial charge in [0.05, 0.1) is 16.5 Å². The topological polar surface area (TPSA) is 107 Å². The van der Waals surface area contributed by atoms with Crippen molar-refractivity contribution in [1.82, 2.24) is 14.1 Å². The van der Waals surface area contributed by atoms with Crippen molar-refractivity contribution in [3.8, 4) is 10.8 Å². The number of oxazole rings is 1. The lowest BCUT2D eigenvalue weighted by Crippen LogP contribution is -2.52. The molecule has 4 aromatic rings. The van der Waals surface area contributed by atoms with E-state index in [0.717, 1.165) is 15.7 Å². The summed E-state index contributed by atoms with van der Waals surface area (Å²) in [5.74, 6) is -0.910. The van der Waals surface area contributed by atoms with Crippen LogP contribution in [0.5, 0.6) is 0 Å². The number of hydrogen-bond acceptors (Lipinski definition) is 6. The summed E-state index contributed by atoms with van der Waals surface area (Å²) in [4.78, 5) is 44.2. The second-order valence-corrected chi connectivity index (χ2v) is 9.19. The summed E-state index contributed by atoms with van der Waals surface area (Å²) in [5.41, 5.74) is -0.218. The Morgan fingerprint density at radius 2 is 1.94 bits per heavy atom. The SMILES string of the molecule is Cc1ccccc1CCn1c(=O)n(C(C)(C)C(=O)O)c(=O)c2c(C)c(-c3ncco3)sc21. The van der Waals surface area contributed by atoms with Gasteiger partial charge >= 0.3 is 11.7 Å². The number of hydrogen-bond donors (Lipinski definition) is 1. The molecular formula is C23H23N3O5S. The summed E-state index contributed by atoms with van der Waals surface area (Å²) in [5, 5.41) is 10.1. The first-order valence-corrected chi connectivity index (χ1v) is 10.9. The Kier molecular flexibility index (Phi) is 5.37. The molecule has 1 aromatic carbocycles. The van der Waals surface area contributed by atoms with E-state index in [1.54, 1.807) is 6.92 Å². The predicted molar refractivity (Wildman–Crippen MR) is 122 cm³/mol. The van der Waals surface area contributed by atoms with E-state index in [1.165, 1.54) is 42.2 Å². The highest BCUT2D eigenvalue weighted by atomic mass is 32.1. The number of carbonyl (C=O) groups is 1. The van der Waals surface area contributed by atoms with Crippen LogP contribution in [0, 0.1) is 13.8 Å². The second kappa shape index (κ2) is 7.90. The minimum atomic E-state index is -1.72. The highest BCUT2D eigenvalue weighted by Crippen LogP contribution is 2.35. The zero-order valence-electron chi connectivity index (χ0n) is 18.2. The smallest absolute Gasteiger partial charge is 0.333 e. The number of thiophene rings is 1. The van der Waals surface area contributed by atoms with Gasteiger partial charge < -0.3 is 9.52 Å². The van der Waals surface area contributed by atoms with E-state index in [9.17, 15) is 19.5 Å². The molecule has 0 amide bonds. The van der Waals surface area contributed by atoms with Crippen LogP contribution in [0.1, 0.15) is 30.5 Å². The Bertz CT molecular complexity index is 1440. The fraction of sp³-hybridized carbons (Fsp3) is 0.304. The van der Waals surface area contributed by atoms with E-state index >= 15 is 0 Å². The van der Waals surface area contributed by atoms with Gasteiger partial charge in [-0.25, -0.2) is 19.1 Å². The molecule has 3 heterocycles. The number of nitrogens with zero attached hydrogens (tertiary/aromatic N) is 3. The van der Waals surface area contributed by atoms with Crippen LogP contribution in [0.4, 0.5) is 0 Å². The molecule has 0 spiro atoms. The average molecular weight is 454 g/mol. The molecule has 0 aliphatic heterocycles. The summed E-state index contributed by atoms with van der Waals surface area (Å²) < 4.78 is 7.77. The first kappa shape index (κ1) is 21.8. The minimum Gasteiger partial charge on any atom is -0.480 e. The molecule has 9 heteroatoms. The third kappa shape index (κ3) is 3.38. The Labute approximate surface area is 187 Å². The van der Waals surface area contributed by atoms with Crippen LogP contribution in [0.15, 0.2) is 50.7 Å². The number of fused-ring (bicyclic) bond motifs is 1. The molecule has 3 aromatic heterocycles. The maximum atomic E-state index is 13.5. The molecule has 0 radical (unpaired) electrons. The molecule has 8 nitrogen and oxygen atoms in total. The van der Waals surface area contributed by atoms with Crippen LogP contribution in [-0.4, -0.2) is 25.2 Å². The van der Waals surface area contributed by atoms with Gasteiger partial charge in [0, 0.05) is 6.54 Å². The van der Waals surface area contributed by atoms with Crippen LogP contribution in [0.2, 0.25) is 0 Å². The van der Waals surface area contributed by atoms with Crippen molar-refractivity contribution >= 4 is 27.5 Å². The maximum absolute atomic E-state index is 13.5. The Morgan fingerprint density at radius 1 is 1.22 bits per heavy atom. The largest absolute Gasteiger partial charge is 0.480 e. The number of rotatable bonds is 6. The Morgan fingerprint density at radius 3 is 2.56 bits per heavy atom. The standard InChI is InChI=1S/C23H23N3O5S/c1-13-7-5-6-8-15(13)9-11-25-20-16(14(2)17(32-20)18-24-10-12-31-18)19(27)26(22(25)30)23(3,4)21(28)29/h5-8,10,12H,9,11H2,1-4H3,(H,28,29). The van der Waals surface area contributed by atoms with Gasteiger partial charge in [0.1, 0.15) is 16.6 Å². The summed E-state index contributed by atoms with van der Waals surface area (Å²) in [7, 11) is 0. The van der Waals surface area contributed by atoms with Crippen LogP contribution >= 0.6 is 11.3 Å². The van der Waals surface area contributed by atoms with Crippen molar-refractivity contribution in [3.63, 3.8) is 0 Å². The number of benzene rings is 1. The van der Waals surface area contributed by atoms with Gasteiger partial charge in [0.2, 0.25) is 5.89 Å². The van der Waals surface area contributed by atoms with Crippen molar-refractivity contribution in [2.75, 3.05) is 0 Å². The minimum absolute atomic E-state index is 0.293. The zero-order valence-corrected chi connectivity index (χ0v) is 19.0. The number of aryl methyl sites for hydroxylation is 4. The lowest BCUT2D eigenvalue weighted by molar-refractivity contribution is -0.146. The monoisotopic (exact) mass is 453 g/mol. The summed E-state index contributed by atoms with van der Waals surface area (Å²) in [6, 6.07) is 7.87. The van der Waals surface area contributed by atoms with Crippen molar-refractivity contribution < 1.29 is 14.3 Å². The number of carboxylic acid groups (broad SMARTS) is 1. The molecule has 4 rings (SSSR count). The molecular weight excluding hydrogens is 430 g/mol. The van der Waals surface area contributed by atoms with Gasteiger partial charge in [-0.05, 0) is 50.8 Å². The highest BCUT2D eigenvalue weighted by molar-refractivity contribution is 7.22. The molecule has 1 N–H and O–H groups in total. The molecule has 0 saturated carbocycles. The van der Waals surface area contributed by atoms with Crippen LogP contribution in [-0.2, 0) is 23.3 Å². The fourth-order valence-electron chi connectivity index (χ4n) is 3.79. The van der Waals surface area contributed by atoms with Crippen LogP contribution < -0.4 is 11.2 Å². The predicted octanol–water partition coefficient (Wildman–Crippen LogP) is 3.56. The van der Waals surface area contributed by atoms with Gasteiger partial charge in [0.15, 0.2) is 0 Å². The van der Waals surface area contributed by atoms with E-state index in [1.807, 2.05) is 31.2 Å². The molecule has 0 atom stereocenters. The summed E-state index contributed by atoms with van der Waals surface area (Å²) >= 11 is 1.25. The van der Waals surface area contributed by atoms with Crippen LogP contribution in [0.25, 0.3) is 21.0 Å². The summed E-state index contributed by atoms with van der Waals surface area (Å²) in [6.45, 7) is 6.76. The highest BCUT2D eigenvalue weighted by Gasteiger charge is 2.35. The van der Waals surface area contributed by atoms with Gasteiger partial charge in [-0.3, -0.25) is 9.36 Å². The normalized spacial score (nSPS) is 11.9. The summed E-state index contributed by atoms with van der Waals surface area (Å²) in [6.07, 6.45) is 3.51. The fourth-order valence-corrected chi connectivity index (χ4v) is 5.05. The zero-order chi connectivity index (χ0) is 23.2.